The minimum atomic E-state index is -0.154. The summed E-state index contributed by atoms with van der Waals surface area (Å²) in [6.45, 7) is 6.60. The fourth-order valence-electron chi connectivity index (χ4n) is 3.94. The zero-order valence-corrected chi connectivity index (χ0v) is 15.8. The second-order valence-electron chi connectivity index (χ2n) is 7.62. The van der Waals surface area contributed by atoms with Gasteiger partial charge in [-0.25, -0.2) is 4.39 Å². The Labute approximate surface area is 148 Å². The second kappa shape index (κ2) is 10.1. The van der Waals surface area contributed by atoms with Crippen molar-refractivity contribution in [1.29, 1.82) is 0 Å². The molecule has 0 heterocycles. The van der Waals surface area contributed by atoms with Gasteiger partial charge in [-0.2, -0.15) is 0 Å². The van der Waals surface area contributed by atoms with Gasteiger partial charge in [-0.3, -0.25) is 0 Å². The van der Waals surface area contributed by atoms with E-state index in [-0.39, 0.29) is 11.9 Å². The number of hydrogen-bond donors (Lipinski definition) is 0. The van der Waals surface area contributed by atoms with Crippen LogP contribution < -0.4 is 4.74 Å². The fraction of sp³-hybridized carbons (Fsp3) is 0.727. The van der Waals surface area contributed by atoms with E-state index in [9.17, 15) is 4.39 Å². The lowest BCUT2D eigenvalue weighted by Crippen LogP contribution is -2.14. The maximum absolute atomic E-state index is 14.0. The van der Waals surface area contributed by atoms with Crippen molar-refractivity contribution in [1.82, 2.24) is 0 Å². The molecular weight excluding hydrogens is 299 g/mol. The third kappa shape index (κ3) is 6.11. The highest BCUT2D eigenvalue weighted by atomic mass is 19.1. The SMILES string of the molecule is CCCCCC[C@H](C)Oc1cc(F)cc(C2CCC(CC)CC2)c1. The van der Waals surface area contributed by atoms with Gasteiger partial charge < -0.3 is 4.74 Å². The predicted octanol–water partition coefficient (Wildman–Crippen LogP) is 7.25. The van der Waals surface area contributed by atoms with E-state index in [4.69, 9.17) is 4.74 Å². The van der Waals surface area contributed by atoms with Crippen molar-refractivity contribution < 1.29 is 9.13 Å². The molecule has 0 N–H and O–H groups in total. The zero-order valence-electron chi connectivity index (χ0n) is 15.8. The smallest absolute Gasteiger partial charge is 0.127 e. The lowest BCUT2D eigenvalue weighted by Gasteiger charge is -2.28. The molecule has 0 bridgehead atoms. The average molecular weight is 335 g/mol. The lowest BCUT2D eigenvalue weighted by molar-refractivity contribution is 0.205. The number of rotatable bonds is 9. The van der Waals surface area contributed by atoms with Gasteiger partial charge in [-0.15, -0.1) is 0 Å². The topological polar surface area (TPSA) is 9.23 Å². The molecule has 136 valence electrons. The largest absolute Gasteiger partial charge is 0.491 e. The molecule has 2 heteroatoms. The van der Waals surface area contributed by atoms with E-state index in [0.29, 0.717) is 11.7 Å². The van der Waals surface area contributed by atoms with Crippen molar-refractivity contribution >= 4 is 0 Å². The van der Waals surface area contributed by atoms with Crippen LogP contribution in [0.3, 0.4) is 0 Å². The molecule has 0 unspecified atom stereocenters. The van der Waals surface area contributed by atoms with E-state index < -0.39 is 0 Å². The van der Waals surface area contributed by atoms with Crippen LogP contribution in [0.1, 0.15) is 96.5 Å². The normalized spacial score (nSPS) is 22.3. The van der Waals surface area contributed by atoms with Crippen LogP contribution in [0, 0.1) is 11.7 Å². The van der Waals surface area contributed by atoms with Crippen LogP contribution in [0.4, 0.5) is 4.39 Å². The van der Waals surface area contributed by atoms with E-state index in [1.54, 1.807) is 12.1 Å². The summed E-state index contributed by atoms with van der Waals surface area (Å²) in [7, 11) is 0. The second-order valence-corrected chi connectivity index (χ2v) is 7.62. The number of halogens is 1. The molecule has 1 nitrogen and oxygen atoms in total. The van der Waals surface area contributed by atoms with Crippen LogP contribution in [-0.2, 0) is 0 Å². The molecule has 1 saturated carbocycles. The summed E-state index contributed by atoms with van der Waals surface area (Å²) in [4.78, 5) is 0. The van der Waals surface area contributed by atoms with Crippen molar-refractivity contribution in [3.8, 4) is 5.75 Å². The molecule has 0 radical (unpaired) electrons. The molecule has 24 heavy (non-hydrogen) atoms. The first-order valence-electron chi connectivity index (χ1n) is 10.1. The van der Waals surface area contributed by atoms with Gasteiger partial charge in [-0.1, -0.05) is 39.5 Å². The van der Waals surface area contributed by atoms with Gasteiger partial charge in [0.2, 0.25) is 0 Å². The number of benzene rings is 1. The molecule has 0 aliphatic heterocycles. The highest BCUT2D eigenvalue weighted by molar-refractivity contribution is 5.32. The van der Waals surface area contributed by atoms with Crippen LogP contribution in [-0.4, -0.2) is 6.10 Å². The molecule has 0 amide bonds. The molecule has 1 aromatic rings. The highest BCUT2D eigenvalue weighted by Gasteiger charge is 2.22. The average Bonchev–Trinajstić information content (AvgIpc) is 2.58. The van der Waals surface area contributed by atoms with Crippen LogP contribution >= 0.6 is 0 Å². The number of unbranched alkanes of at least 4 members (excludes halogenated alkanes) is 3. The van der Waals surface area contributed by atoms with Crippen LogP contribution in [0.2, 0.25) is 0 Å². The minimum Gasteiger partial charge on any atom is -0.491 e. The van der Waals surface area contributed by atoms with Crippen molar-refractivity contribution in [2.24, 2.45) is 5.92 Å². The third-order valence-corrected chi connectivity index (χ3v) is 5.59. The highest BCUT2D eigenvalue weighted by Crippen LogP contribution is 2.38. The molecule has 1 aliphatic carbocycles. The Morgan fingerprint density at radius 3 is 2.46 bits per heavy atom. The van der Waals surface area contributed by atoms with E-state index in [1.807, 2.05) is 0 Å². The van der Waals surface area contributed by atoms with E-state index in [2.05, 4.69) is 26.8 Å². The molecule has 1 aliphatic rings. The molecule has 1 aromatic carbocycles. The Morgan fingerprint density at radius 2 is 1.79 bits per heavy atom. The van der Waals surface area contributed by atoms with E-state index >= 15 is 0 Å². The first-order valence-corrected chi connectivity index (χ1v) is 10.1. The van der Waals surface area contributed by atoms with E-state index in [0.717, 1.165) is 17.9 Å². The van der Waals surface area contributed by atoms with Crippen molar-refractivity contribution in [2.45, 2.75) is 97.0 Å². The summed E-state index contributed by atoms with van der Waals surface area (Å²) in [5.41, 5.74) is 1.14. The molecule has 1 fully saturated rings. The molecule has 0 aromatic heterocycles. The molecule has 0 spiro atoms. The van der Waals surface area contributed by atoms with Gasteiger partial charge in [0.25, 0.3) is 0 Å². The van der Waals surface area contributed by atoms with Gasteiger partial charge in [0.15, 0.2) is 0 Å². The summed E-state index contributed by atoms with van der Waals surface area (Å²) in [5, 5.41) is 0. The fourth-order valence-corrected chi connectivity index (χ4v) is 3.94. The van der Waals surface area contributed by atoms with Crippen LogP contribution in [0.15, 0.2) is 18.2 Å². The van der Waals surface area contributed by atoms with Crippen molar-refractivity contribution in [3.63, 3.8) is 0 Å². The zero-order chi connectivity index (χ0) is 17.4. The van der Waals surface area contributed by atoms with E-state index in [1.165, 1.54) is 57.8 Å². The summed E-state index contributed by atoms with van der Waals surface area (Å²) in [5.74, 6) is 1.93. The predicted molar refractivity (Wildman–Crippen MR) is 100 cm³/mol. The van der Waals surface area contributed by atoms with Gasteiger partial charge in [0, 0.05) is 6.07 Å². The van der Waals surface area contributed by atoms with Crippen LogP contribution in [0.5, 0.6) is 5.75 Å². The minimum absolute atomic E-state index is 0.154. The lowest BCUT2D eigenvalue weighted by atomic mass is 9.78. The van der Waals surface area contributed by atoms with Crippen molar-refractivity contribution in [3.05, 3.63) is 29.6 Å². The van der Waals surface area contributed by atoms with Gasteiger partial charge >= 0.3 is 0 Å². The third-order valence-electron chi connectivity index (χ3n) is 5.59. The van der Waals surface area contributed by atoms with Crippen molar-refractivity contribution in [2.75, 3.05) is 0 Å². The standard InChI is InChI=1S/C22H35FO/c1-4-6-7-8-9-17(3)24-22-15-20(14-21(23)16-22)19-12-10-18(5-2)11-13-19/h14-19H,4-13H2,1-3H3/t17-,18?,19?/m0/s1. The summed E-state index contributed by atoms with van der Waals surface area (Å²) >= 11 is 0. The van der Waals surface area contributed by atoms with Gasteiger partial charge in [-0.05, 0) is 75.0 Å². The summed E-state index contributed by atoms with van der Waals surface area (Å²) < 4.78 is 20.1. The Kier molecular flexibility index (Phi) is 8.08. The number of ether oxygens (including phenoxy) is 1. The molecular formula is C22H35FO. The Hall–Kier alpha value is -1.05. The molecule has 0 saturated heterocycles. The maximum atomic E-state index is 14.0. The molecule has 2 rings (SSSR count). The first kappa shape index (κ1) is 19.3. The van der Waals surface area contributed by atoms with Gasteiger partial charge in [0.1, 0.15) is 11.6 Å². The first-order chi connectivity index (χ1) is 11.6. The summed E-state index contributed by atoms with van der Waals surface area (Å²) in [6, 6.07) is 5.35. The Bertz CT molecular complexity index is 477. The quantitative estimate of drug-likeness (QED) is 0.432. The molecule has 1 atom stereocenters. The Morgan fingerprint density at radius 1 is 1.04 bits per heavy atom. The van der Waals surface area contributed by atoms with Crippen LogP contribution in [0.25, 0.3) is 0 Å². The maximum Gasteiger partial charge on any atom is 0.127 e. The monoisotopic (exact) mass is 334 g/mol. The summed E-state index contributed by atoms with van der Waals surface area (Å²) in [6.07, 6.45) is 12.4. The Balaban J connectivity index is 1.91. The number of hydrogen-bond acceptors (Lipinski definition) is 1. The van der Waals surface area contributed by atoms with Gasteiger partial charge in [0.05, 0.1) is 6.10 Å².